The lowest BCUT2D eigenvalue weighted by atomic mass is 10.1. The summed E-state index contributed by atoms with van der Waals surface area (Å²) >= 11 is 0. The van der Waals surface area contributed by atoms with Crippen molar-refractivity contribution < 1.29 is 19.4 Å². The Labute approximate surface area is 125 Å². The van der Waals surface area contributed by atoms with Crippen molar-refractivity contribution >= 4 is 11.9 Å². The molecule has 1 unspecified atom stereocenters. The molecule has 1 atom stereocenters. The molecule has 0 radical (unpaired) electrons. The maximum atomic E-state index is 12.6. The van der Waals surface area contributed by atoms with Crippen LogP contribution in [0, 0.1) is 5.92 Å². The van der Waals surface area contributed by atoms with Crippen LogP contribution in [0.5, 0.6) is 5.75 Å². The lowest BCUT2D eigenvalue weighted by molar-refractivity contribution is -0.141. The van der Waals surface area contributed by atoms with E-state index in [9.17, 15) is 9.59 Å². The van der Waals surface area contributed by atoms with Crippen LogP contribution < -0.4 is 4.74 Å². The highest BCUT2D eigenvalue weighted by molar-refractivity contribution is 5.94. The van der Waals surface area contributed by atoms with E-state index < -0.39 is 11.9 Å². The molecule has 5 nitrogen and oxygen atoms in total. The molecule has 1 N–H and O–H groups in total. The topological polar surface area (TPSA) is 66.8 Å². The zero-order valence-corrected chi connectivity index (χ0v) is 12.8. The molecule has 1 amide bonds. The number of rotatable bonds is 8. The van der Waals surface area contributed by atoms with Crippen LogP contribution in [0.15, 0.2) is 24.3 Å². The van der Waals surface area contributed by atoms with Crippen molar-refractivity contribution in [2.24, 2.45) is 5.92 Å². The number of hydrogen-bond acceptors (Lipinski definition) is 3. The van der Waals surface area contributed by atoms with Gasteiger partial charge in [-0.1, -0.05) is 26.3 Å². The Kier molecular flexibility index (Phi) is 6.72. The van der Waals surface area contributed by atoms with Gasteiger partial charge >= 0.3 is 5.97 Å². The molecule has 21 heavy (non-hydrogen) atoms. The molecular formula is C16H23NO4. The number of unbranched alkanes of at least 4 members (excludes halogenated alkanes) is 1. The summed E-state index contributed by atoms with van der Waals surface area (Å²) in [5.41, 5.74) is 0.517. The second-order valence-corrected chi connectivity index (χ2v) is 5.08. The first-order valence-corrected chi connectivity index (χ1v) is 7.15. The van der Waals surface area contributed by atoms with E-state index in [0.29, 0.717) is 17.9 Å². The third kappa shape index (κ3) is 5.10. The van der Waals surface area contributed by atoms with Crippen LogP contribution in [-0.2, 0) is 4.79 Å². The van der Waals surface area contributed by atoms with Gasteiger partial charge in [0.05, 0.1) is 13.0 Å². The summed E-state index contributed by atoms with van der Waals surface area (Å²) in [5.74, 6) is -1.02. The van der Waals surface area contributed by atoms with E-state index in [2.05, 4.69) is 0 Å². The summed E-state index contributed by atoms with van der Waals surface area (Å²) in [5, 5.41) is 9.03. The Balaban J connectivity index is 2.89. The van der Waals surface area contributed by atoms with Crippen molar-refractivity contribution in [3.8, 4) is 5.75 Å². The Morgan fingerprint density at radius 2 is 2.10 bits per heavy atom. The summed E-state index contributed by atoms with van der Waals surface area (Å²) < 4.78 is 5.12. The van der Waals surface area contributed by atoms with E-state index >= 15 is 0 Å². The van der Waals surface area contributed by atoms with Crippen LogP contribution in [0.25, 0.3) is 0 Å². The highest BCUT2D eigenvalue weighted by atomic mass is 16.5. The third-order valence-corrected chi connectivity index (χ3v) is 3.30. The van der Waals surface area contributed by atoms with Crippen molar-refractivity contribution in [1.29, 1.82) is 0 Å². The van der Waals surface area contributed by atoms with E-state index in [0.717, 1.165) is 12.8 Å². The monoisotopic (exact) mass is 293 g/mol. The lowest BCUT2D eigenvalue weighted by Crippen LogP contribution is -2.37. The van der Waals surface area contributed by atoms with Crippen LogP contribution in [0.4, 0.5) is 0 Å². The van der Waals surface area contributed by atoms with Crippen molar-refractivity contribution in [1.82, 2.24) is 4.90 Å². The Morgan fingerprint density at radius 1 is 1.38 bits per heavy atom. The first-order valence-electron chi connectivity index (χ1n) is 7.15. The predicted molar refractivity (Wildman–Crippen MR) is 80.6 cm³/mol. The fraction of sp³-hybridized carbons (Fsp3) is 0.500. The summed E-state index contributed by atoms with van der Waals surface area (Å²) in [4.78, 5) is 25.2. The summed E-state index contributed by atoms with van der Waals surface area (Å²) in [7, 11) is 1.55. The van der Waals surface area contributed by atoms with Gasteiger partial charge in [-0.15, -0.1) is 0 Å². The molecular weight excluding hydrogens is 270 g/mol. The summed E-state index contributed by atoms with van der Waals surface area (Å²) in [6.07, 6.45) is 1.80. The molecule has 0 aromatic heterocycles. The maximum absolute atomic E-state index is 12.6. The number of hydrogen-bond donors (Lipinski definition) is 1. The lowest BCUT2D eigenvalue weighted by Gasteiger charge is -2.24. The van der Waals surface area contributed by atoms with Gasteiger partial charge in [0.2, 0.25) is 0 Å². The van der Waals surface area contributed by atoms with E-state index in [1.807, 2.05) is 6.92 Å². The molecule has 0 bridgehead atoms. The number of methoxy groups -OCH3 is 1. The molecule has 1 aromatic carbocycles. The van der Waals surface area contributed by atoms with Gasteiger partial charge < -0.3 is 14.7 Å². The molecule has 5 heteroatoms. The molecule has 1 rings (SSSR count). The van der Waals surface area contributed by atoms with Gasteiger partial charge in [-0.05, 0) is 24.6 Å². The minimum Gasteiger partial charge on any atom is -0.497 e. The molecule has 0 aliphatic carbocycles. The van der Waals surface area contributed by atoms with E-state index in [-0.39, 0.29) is 12.5 Å². The highest BCUT2D eigenvalue weighted by Crippen LogP contribution is 2.16. The van der Waals surface area contributed by atoms with Crippen LogP contribution in [-0.4, -0.2) is 42.1 Å². The molecule has 0 saturated carbocycles. The first-order chi connectivity index (χ1) is 9.99. The quantitative estimate of drug-likeness (QED) is 0.800. The fourth-order valence-corrected chi connectivity index (χ4v) is 1.97. The predicted octanol–water partition coefficient (Wildman–Crippen LogP) is 2.66. The molecule has 0 aliphatic rings. The standard InChI is InChI=1S/C16H23NO4/c1-4-5-9-17(11-12(2)16(19)20)15(18)13-7-6-8-14(10-13)21-3/h6-8,10,12H,4-5,9,11H2,1-3H3,(H,19,20). The fourth-order valence-electron chi connectivity index (χ4n) is 1.97. The number of carbonyl (C=O) groups excluding carboxylic acids is 1. The van der Waals surface area contributed by atoms with Gasteiger partial charge in [-0.25, -0.2) is 0 Å². The normalized spacial score (nSPS) is 11.8. The van der Waals surface area contributed by atoms with Gasteiger partial charge in [0.1, 0.15) is 5.75 Å². The van der Waals surface area contributed by atoms with Gasteiger partial charge in [0.15, 0.2) is 0 Å². The second kappa shape index (κ2) is 8.29. The van der Waals surface area contributed by atoms with Crippen LogP contribution in [0.3, 0.4) is 0 Å². The molecule has 0 heterocycles. The largest absolute Gasteiger partial charge is 0.497 e. The number of carboxylic acid groups (broad SMARTS) is 1. The molecule has 0 spiro atoms. The Hall–Kier alpha value is -2.04. The SMILES string of the molecule is CCCCN(CC(C)C(=O)O)C(=O)c1cccc(OC)c1. The Morgan fingerprint density at radius 3 is 2.67 bits per heavy atom. The number of benzene rings is 1. The van der Waals surface area contributed by atoms with E-state index in [1.54, 1.807) is 43.2 Å². The minimum atomic E-state index is -0.894. The number of carbonyl (C=O) groups is 2. The second-order valence-electron chi connectivity index (χ2n) is 5.08. The first kappa shape index (κ1) is 17.0. The number of ether oxygens (including phenoxy) is 1. The molecule has 116 valence electrons. The van der Waals surface area contributed by atoms with Crippen molar-refractivity contribution in [2.75, 3.05) is 20.2 Å². The van der Waals surface area contributed by atoms with Crippen LogP contribution in [0.2, 0.25) is 0 Å². The zero-order chi connectivity index (χ0) is 15.8. The van der Waals surface area contributed by atoms with Crippen molar-refractivity contribution in [2.45, 2.75) is 26.7 Å². The molecule has 0 aliphatic heterocycles. The maximum Gasteiger partial charge on any atom is 0.308 e. The van der Waals surface area contributed by atoms with Gasteiger partial charge in [0, 0.05) is 18.7 Å². The molecule has 0 saturated heterocycles. The zero-order valence-electron chi connectivity index (χ0n) is 12.8. The number of aliphatic carboxylic acids is 1. The number of carboxylic acids is 1. The van der Waals surface area contributed by atoms with Crippen molar-refractivity contribution in [3.05, 3.63) is 29.8 Å². The van der Waals surface area contributed by atoms with Gasteiger partial charge in [-0.2, -0.15) is 0 Å². The number of amides is 1. The van der Waals surface area contributed by atoms with Crippen LogP contribution in [0.1, 0.15) is 37.0 Å². The van der Waals surface area contributed by atoms with Crippen molar-refractivity contribution in [3.63, 3.8) is 0 Å². The summed E-state index contributed by atoms with van der Waals surface area (Å²) in [6.45, 7) is 4.42. The van der Waals surface area contributed by atoms with E-state index in [4.69, 9.17) is 9.84 Å². The highest BCUT2D eigenvalue weighted by Gasteiger charge is 2.21. The summed E-state index contributed by atoms with van der Waals surface area (Å²) in [6, 6.07) is 6.92. The third-order valence-electron chi connectivity index (χ3n) is 3.30. The van der Waals surface area contributed by atoms with E-state index in [1.165, 1.54) is 0 Å². The molecule has 1 aromatic rings. The van der Waals surface area contributed by atoms with Gasteiger partial charge in [-0.3, -0.25) is 9.59 Å². The smallest absolute Gasteiger partial charge is 0.308 e. The molecule has 0 fully saturated rings. The minimum absolute atomic E-state index is 0.157. The number of nitrogens with zero attached hydrogens (tertiary/aromatic N) is 1. The van der Waals surface area contributed by atoms with Crippen LogP contribution >= 0.6 is 0 Å². The Bertz CT molecular complexity index is 487. The average molecular weight is 293 g/mol. The average Bonchev–Trinajstić information content (AvgIpc) is 2.50. The van der Waals surface area contributed by atoms with Gasteiger partial charge in [0.25, 0.3) is 5.91 Å².